The van der Waals surface area contributed by atoms with Crippen LogP contribution in [0.25, 0.3) is 11.3 Å². The van der Waals surface area contributed by atoms with Crippen LogP contribution in [0, 0.1) is 18.6 Å². The number of nitrogens with zero attached hydrogens (tertiary/aromatic N) is 4. The first kappa shape index (κ1) is 20.8. The van der Waals surface area contributed by atoms with Gasteiger partial charge in [-0.3, -0.25) is 9.79 Å². The Kier molecular flexibility index (Phi) is 5.35. The maximum absolute atomic E-state index is 14.7. The molecule has 0 spiro atoms. The number of hydrogen-bond donors (Lipinski definition) is 1. The minimum absolute atomic E-state index is 0.0972. The second-order valence-electron chi connectivity index (χ2n) is 7.17. The fraction of sp³-hybridized carbons (Fsp3) is 0.0870. The third-order valence-corrected chi connectivity index (χ3v) is 5.87. The predicted molar refractivity (Wildman–Crippen MR) is 120 cm³/mol. The summed E-state index contributed by atoms with van der Waals surface area (Å²) in [4.78, 5) is 28.7. The van der Waals surface area contributed by atoms with Gasteiger partial charge in [0.15, 0.2) is 5.13 Å². The average Bonchev–Trinajstić information content (AvgIpc) is 3.14. The summed E-state index contributed by atoms with van der Waals surface area (Å²) in [5.41, 5.74) is 2.88. The monoisotopic (exact) mass is 463 g/mol. The van der Waals surface area contributed by atoms with Crippen molar-refractivity contribution in [2.24, 2.45) is 4.99 Å². The fourth-order valence-electron chi connectivity index (χ4n) is 3.56. The van der Waals surface area contributed by atoms with Gasteiger partial charge in [0.05, 0.1) is 29.2 Å². The number of anilines is 2. The Morgan fingerprint density at radius 2 is 1.94 bits per heavy atom. The van der Waals surface area contributed by atoms with Crippen LogP contribution in [0.3, 0.4) is 0 Å². The van der Waals surface area contributed by atoms with Crippen LogP contribution in [-0.2, 0) is 11.3 Å². The normalized spacial score (nSPS) is 12.3. The molecule has 2 aromatic heterocycles. The first-order valence-electron chi connectivity index (χ1n) is 9.82. The number of rotatable bonds is 5. The molecule has 0 bridgehead atoms. The van der Waals surface area contributed by atoms with Crippen molar-refractivity contribution in [1.82, 2.24) is 15.0 Å². The number of aryl methyl sites for hydroxylation is 1. The Morgan fingerprint density at radius 1 is 1.12 bits per heavy atom. The Labute approximate surface area is 190 Å². The van der Waals surface area contributed by atoms with Crippen LogP contribution in [0.15, 0.2) is 53.0 Å². The van der Waals surface area contributed by atoms with Gasteiger partial charge in [0.25, 0.3) is 6.47 Å². The number of hydrogen-bond acceptors (Lipinski definition) is 8. The van der Waals surface area contributed by atoms with Gasteiger partial charge in [-0.15, -0.1) is 11.3 Å². The number of benzene rings is 2. The average molecular weight is 463 g/mol. The van der Waals surface area contributed by atoms with E-state index >= 15 is 0 Å². The van der Waals surface area contributed by atoms with Crippen molar-refractivity contribution in [2.45, 2.75) is 13.5 Å². The third-order valence-electron chi connectivity index (χ3n) is 4.99. The number of fused-ring (bicyclic) bond motifs is 3. The highest BCUT2D eigenvalue weighted by molar-refractivity contribution is 7.13. The van der Waals surface area contributed by atoms with Gasteiger partial charge >= 0.3 is 0 Å². The third kappa shape index (κ3) is 3.96. The molecule has 4 aromatic rings. The number of halogens is 2. The molecule has 2 aromatic carbocycles. The minimum Gasteiger partial charge on any atom is -0.429 e. The van der Waals surface area contributed by atoms with Gasteiger partial charge in [-0.25, -0.2) is 23.7 Å². The lowest BCUT2D eigenvalue weighted by Gasteiger charge is -2.13. The first-order chi connectivity index (χ1) is 16.0. The van der Waals surface area contributed by atoms with E-state index in [1.54, 1.807) is 18.3 Å². The lowest BCUT2D eigenvalue weighted by atomic mass is 9.94. The molecule has 1 aliphatic heterocycles. The summed E-state index contributed by atoms with van der Waals surface area (Å²) in [6.45, 7) is 2.27. The molecular formula is C23H15F2N5O2S. The molecule has 0 fully saturated rings. The highest BCUT2D eigenvalue weighted by atomic mass is 32.1. The number of ether oxygens (including phenoxy) is 1. The molecule has 0 unspecified atom stereocenters. The molecule has 1 N–H and O–H groups in total. The van der Waals surface area contributed by atoms with Crippen molar-refractivity contribution in [3.8, 4) is 17.0 Å². The lowest BCUT2D eigenvalue weighted by Crippen LogP contribution is -2.10. The highest BCUT2D eigenvalue weighted by Crippen LogP contribution is 2.35. The lowest BCUT2D eigenvalue weighted by molar-refractivity contribution is -0.120. The molecule has 0 saturated carbocycles. The molecular weight excluding hydrogens is 448 g/mol. The van der Waals surface area contributed by atoms with Gasteiger partial charge in [-0.2, -0.15) is 0 Å². The molecule has 0 radical (unpaired) electrons. The summed E-state index contributed by atoms with van der Waals surface area (Å²) in [7, 11) is 0. The molecule has 0 amide bonds. The van der Waals surface area contributed by atoms with E-state index in [0.717, 1.165) is 5.69 Å². The van der Waals surface area contributed by atoms with E-state index in [4.69, 9.17) is 4.74 Å². The van der Waals surface area contributed by atoms with E-state index in [-0.39, 0.29) is 30.0 Å². The summed E-state index contributed by atoms with van der Waals surface area (Å²) in [6, 6.07) is 8.40. The summed E-state index contributed by atoms with van der Waals surface area (Å²) in [5, 5.41) is 5.62. The van der Waals surface area contributed by atoms with Crippen LogP contribution in [0.4, 0.5) is 19.9 Å². The summed E-state index contributed by atoms with van der Waals surface area (Å²) in [5.74, 6) is -0.968. The van der Waals surface area contributed by atoms with Gasteiger partial charge in [0, 0.05) is 28.3 Å². The van der Waals surface area contributed by atoms with E-state index in [1.165, 1.54) is 35.6 Å². The van der Waals surface area contributed by atoms with Crippen molar-refractivity contribution >= 4 is 34.6 Å². The number of nitrogens with one attached hydrogen (secondary N) is 1. The van der Waals surface area contributed by atoms with Gasteiger partial charge in [-0.1, -0.05) is 6.07 Å². The molecule has 33 heavy (non-hydrogen) atoms. The summed E-state index contributed by atoms with van der Waals surface area (Å²) >= 11 is 1.42. The van der Waals surface area contributed by atoms with Crippen molar-refractivity contribution in [3.63, 3.8) is 0 Å². The standard InChI is InChI=1S/C23H15F2N5O2S/c1-12-10-33-23(28-12)30-22-27-9-13-8-26-21(19-17(24)3-2-4-18(19)25)16-7-14(32-11-31)5-6-15(16)20(13)29-22/h2-7,9-11H,8H2,1H3,(H,27,28,29,30). The maximum atomic E-state index is 14.7. The fourth-order valence-corrected chi connectivity index (χ4v) is 4.25. The quantitative estimate of drug-likeness (QED) is 0.427. The highest BCUT2D eigenvalue weighted by Gasteiger charge is 2.25. The number of thiazole rings is 1. The minimum atomic E-state index is -0.750. The van der Waals surface area contributed by atoms with E-state index in [2.05, 4.69) is 25.3 Å². The Hall–Kier alpha value is -4.05. The number of carbonyl (C=O) groups excluding carboxylic acids is 1. The number of aliphatic imine (C=N–C) groups is 1. The molecule has 0 aliphatic carbocycles. The maximum Gasteiger partial charge on any atom is 0.298 e. The second kappa shape index (κ2) is 8.47. The molecule has 1 aliphatic rings. The SMILES string of the molecule is Cc1csc(Nc2ncc3c(n2)-c2ccc(OC=O)cc2C(c2c(F)cccc2F)=NC3)n1. The zero-order valence-corrected chi connectivity index (χ0v) is 18.0. The number of carbonyl (C=O) groups is 1. The predicted octanol–water partition coefficient (Wildman–Crippen LogP) is 4.82. The van der Waals surface area contributed by atoms with E-state index in [1.807, 2.05) is 12.3 Å². The first-order valence-corrected chi connectivity index (χ1v) is 10.7. The molecule has 164 valence electrons. The number of aromatic nitrogens is 3. The van der Waals surface area contributed by atoms with E-state index < -0.39 is 11.6 Å². The van der Waals surface area contributed by atoms with Crippen molar-refractivity contribution < 1.29 is 18.3 Å². The van der Waals surface area contributed by atoms with Gasteiger partial charge < -0.3 is 10.1 Å². The molecule has 10 heteroatoms. The molecule has 0 atom stereocenters. The van der Waals surface area contributed by atoms with Crippen molar-refractivity contribution in [1.29, 1.82) is 0 Å². The van der Waals surface area contributed by atoms with Gasteiger partial charge in [-0.05, 0) is 37.3 Å². The zero-order chi connectivity index (χ0) is 22.9. The topological polar surface area (TPSA) is 89.4 Å². The molecule has 5 rings (SSSR count). The summed E-state index contributed by atoms with van der Waals surface area (Å²) in [6.07, 6.45) is 1.62. The van der Waals surface area contributed by atoms with Crippen LogP contribution >= 0.6 is 11.3 Å². The van der Waals surface area contributed by atoms with Crippen LogP contribution in [-0.4, -0.2) is 27.1 Å². The zero-order valence-electron chi connectivity index (χ0n) is 17.2. The van der Waals surface area contributed by atoms with Crippen LogP contribution < -0.4 is 10.1 Å². The van der Waals surface area contributed by atoms with Crippen LogP contribution in [0.5, 0.6) is 5.75 Å². The van der Waals surface area contributed by atoms with Gasteiger partial charge in [0.2, 0.25) is 5.95 Å². The summed E-state index contributed by atoms with van der Waals surface area (Å²) < 4.78 is 34.4. The molecule has 7 nitrogen and oxygen atoms in total. The second-order valence-corrected chi connectivity index (χ2v) is 8.03. The van der Waals surface area contributed by atoms with Crippen LogP contribution in [0.1, 0.15) is 22.4 Å². The van der Waals surface area contributed by atoms with E-state index in [9.17, 15) is 13.6 Å². The van der Waals surface area contributed by atoms with E-state index in [0.29, 0.717) is 33.5 Å². The Morgan fingerprint density at radius 3 is 2.67 bits per heavy atom. The molecule has 0 saturated heterocycles. The van der Waals surface area contributed by atoms with Crippen molar-refractivity contribution in [2.75, 3.05) is 5.32 Å². The largest absolute Gasteiger partial charge is 0.429 e. The smallest absolute Gasteiger partial charge is 0.298 e. The van der Waals surface area contributed by atoms with Gasteiger partial charge in [0.1, 0.15) is 17.4 Å². The molecule has 3 heterocycles. The Balaban J connectivity index is 1.67. The van der Waals surface area contributed by atoms with Crippen LogP contribution in [0.2, 0.25) is 0 Å². The Bertz CT molecular complexity index is 1400. The van der Waals surface area contributed by atoms with Crippen molar-refractivity contribution in [3.05, 3.63) is 82.0 Å².